The quantitative estimate of drug-likeness (QED) is 0.307. The molecule has 0 saturated heterocycles. The topological polar surface area (TPSA) is 72.8 Å². The molecule has 0 bridgehead atoms. The van der Waals surface area contributed by atoms with Crippen molar-refractivity contribution in [2.75, 3.05) is 13.7 Å². The highest BCUT2D eigenvalue weighted by molar-refractivity contribution is 5.81. The SMILES string of the molecule is COC(=O)C=CCOc1cc(C(C)(C)C)ccc1CCCCCCCC(=O)O. The number of aryl methyl sites for hydroxylation is 1. The monoisotopic (exact) mass is 390 g/mol. The first kappa shape index (κ1) is 23.7. The highest BCUT2D eigenvalue weighted by Crippen LogP contribution is 2.29. The third-order valence-corrected chi connectivity index (χ3v) is 4.56. The van der Waals surface area contributed by atoms with Crippen molar-refractivity contribution in [3.05, 3.63) is 41.5 Å². The Morgan fingerprint density at radius 1 is 1.07 bits per heavy atom. The maximum atomic E-state index is 11.2. The second-order valence-corrected chi connectivity index (χ2v) is 7.97. The van der Waals surface area contributed by atoms with Gasteiger partial charge in [-0.1, -0.05) is 52.2 Å². The molecule has 5 heteroatoms. The third kappa shape index (κ3) is 9.58. The summed E-state index contributed by atoms with van der Waals surface area (Å²) in [7, 11) is 1.35. The van der Waals surface area contributed by atoms with E-state index < -0.39 is 11.9 Å². The molecule has 0 aliphatic heterocycles. The van der Waals surface area contributed by atoms with E-state index in [0.717, 1.165) is 49.8 Å². The van der Waals surface area contributed by atoms with Crippen LogP contribution in [0.1, 0.15) is 70.4 Å². The normalized spacial score (nSPS) is 11.6. The van der Waals surface area contributed by atoms with Crippen LogP contribution >= 0.6 is 0 Å². The average Bonchev–Trinajstić information content (AvgIpc) is 2.63. The number of carboxylic acids is 1. The number of carboxylic acid groups (broad SMARTS) is 1. The molecule has 1 aromatic carbocycles. The van der Waals surface area contributed by atoms with Gasteiger partial charge < -0.3 is 14.6 Å². The first-order valence-corrected chi connectivity index (χ1v) is 9.96. The van der Waals surface area contributed by atoms with Gasteiger partial charge in [-0.3, -0.25) is 4.79 Å². The molecule has 0 fully saturated rings. The van der Waals surface area contributed by atoms with Gasteiger partial charge in [-0.05, 0) is 47.9 Å². The summed E-state index contributed by atoms with van der Waals surface area (Å²) < 4.78 is 10.5. The Bertz CT molecular complexity index is 655. The van der Waals surface area contributed by atoms with Gasteiger partial charge in [-0.25, -0.2) is 4.79 Å². The van der Waals surface area contributed by atoms with Crippen molar-refractivity contribution in [1.82, 2.24) is 0 Å². The molecule has 0 aliphatic rings. The molecule has 0 spiro atoms. The fraction of sp³-hybridized carbons (Fsp3) is 0.565. The van der Waals surface area contributed by atoms with Gasteiger partial charge in [0.25, 0.3) is 0 Å². The largest absolute Gasteiger partial charge is 0.489 e. The molecule has 5 nitrogen and oxygen atoms in total. The predicted molar refractivity (Wildman–Crippen MR) is 111 cm³/mol. The van der Waals surface area contributed by atoms with Crippen molar-refractivity contribution in [3.63, 3.8) is 0 Å². The van der Waals surface area contributed by atoms with Gasteiger partial charge in [0.15, 0.2) is 0 Å². The molecule has 0 heterocycles. The summed E-state index contributed by atoms with van der Waals surface area (Å²) in [6.07, 6.45) is 9.05. The predicted octanol–water partition coefficient (Wildman–Crippen LogP) is 5.06. The van der Waals surface area contributed by atoms with Crippen LogP contribution in [0, 0.1) is 0 Å². The van der Waals surface area contributed by atoms with Crippen LogP contribution < -0.4 is 4.74 Å². The van der Waals surface area contributed by atoms with Crippen LogP contribution in [0.5, 0.6) is 5.75 Å². The minimum atomic E-state index is -0.720. The van der Waals surface area contributed by atoms with Crippen LogP contribution in [0.25, 0.3) is 0 Å². The smallest absolute Gasteiger partial charge is 0.330 e. The van der Waals surface area contributed by atoms with E-state index in [1.807, 2.05) is 0 Å². The van der Waals surface area contributed by atoms with Crippen molar-refractivity contribution in [1.29, 1.82) is 0 Å². The number of unbranched alkanes of at least 4 members (excludes halogenated alkanes) is 4. The van der Waals surface area contributed by atoms with Crippen molar-refractivity contribution in [2.24, 2.45) is 0 Å². The standard InChI is InChI=1S/C23H34O5/c1-23(2,3)19-15-14-18(11-8-6-5-7-9-12-21(24)25)20(17-19)28-16-10-13-22(26)27-4/h10,13-15,17H,5-9,11-12,16H2,1-4H3,(H,24,25). The van der Waals surface area contributed by atoms with Gasteiger partial charge in [0.05, 0.1) is 7.11 Å². The lowest BCUT2D eigenvalue weighted by atomic mass is 9.86. The Labute approximate surface area is 168 Å². The Morgan fingerprint density at radius 3 is 2.39 bits per heavy atom. The van der Waals surface area contributed by atoms with Crippen molar-refractivity contribution in [3.8, 4) is 5.75 Å². The summed E-state index contributed by atoms with van der Waals surface area (Å²) in [6, 6.07) is 6.37. The second kappa shape index (κ2) is 12.2. The maximum absolute atomic E-state index is 11.2. The molecular weight excluding hydrogens is 356 g/mol. The van der Waals surface area contributed by atoms with E-state index in [2.05, 4.69) is 43.7 Å². The lowest BCUT2D eigenvalue weighted by molar-refractivity contribution is -0.137. The van der Waals surface area contributed by atoms with Gasteiger partial charge in [0.1, 0.15) is 12.4 Å². The van der Waals surface area contributed by atoms with Gasteiger partial charge in [0.2, 0.25) is 0 Å². The van der Waals surface area contributed by atoms with Crippen LogP contribution in [0.15, 0.2) is 30.4 Å². The molecule has 1 N–H and O–H groups in total. The number of carbonyl (C=O) groups is 2. The van der Waals surface area contributed by atoms with Crippen molar-refractivity contribution in [2.45, 2.75) is 71.1 Å². The number of carbonyl (C=O) groups excluding carboxylic acids is 1. The number of benzene rings is 1. The first-order chi connectivity index (χ1) is 13.2. The third-order valence-electron chi connectivity index (χ3n) is 4.56. The molecule has 28 heavy (non-hydrogen) atoms. The molecule has 156 valence electrons. The Hall–Kier alpha value is -2.30. The fourth-order valence-electron chi connectivity index (χ4n) is 2.83. The molecule has 1 aromatic rings. The highest BCUT2D eigenvalue weighted by Gasteiger charge is 2.16. The molecule has 0 atom stereocenters. The number of aliphatic carboxylic acids is 1. The van der Waals surface area contributed by atoms with E-state index in [9.17, 15) is 9.59 Å². The van der Waals surface area contributed by atoms with Gasteiger partial charge in [0, 0.05) is 12.5 Å². The summed E-state index contributed by atoms with van der Waals surface area (Å²) in [5.41, 5.74) is 2.39. The molecule has 0 radical (unpaired) electrons. The van der Waals surface area contributed by atoms with E-state index in [1.165, 1.54) is 18.7 Å². The number of methoxy groups -OCH3 is 1. The van der Waals surface area contributed by atoms with E-state index in [0.29, 0.717) is 6.61 Å². The summed E-state index contributed by atoms with van der Waals surface area (Å²) in [5.74, 6) is -0.259. The second-order valence-electron chi connectivity index (χ2n) is 7.97. The summed E-state index contributed by atoms with van der Waals surface area (Å²) in [6.45, 7) is 6.81. The minimum Gasteiger partial charge on any atom is -0.489 e. The van der Waals surface area contributed by atoms with E-state index >= 15 is 0 Å². The van der Waals surface area contributed by atoms with Gasteiger partial charge in [-0.15, -0.1) is 0 Å². The van der Waals surface area contributed by atoms with E-state index in [4.69, 9.17) is 9.84 Å². The minimum absolute atomic E-state index is 0.0304. The number of rotatable bonds is 12. The van der Waals surface area contributed by atoms with Crippen LogP contribution in [0.3, 0.4) is 0 Å². The fourth-order valence-corrected chi connectivity index (χ4v) is 2.83. The molecule has 0 saturated carbocycles. The lowest BCUT2D eigenvalue weighted by Crippen LogP contribution is -2.12. The van der Waals surface area contributed by atoms with E-state index in [1.54, 1.807) is 6.08 Å². The molecule has 0 aromatic heterocycles. The number of hydrogen-bond donors (Lipinski definition) is 1. The van der Waals surface area contributed by atoms with Gasteiger partial charge in [-0.2, -0.15) is 0 Å². The summed E-state index contributed by atoms with van der Waals surface area (Å²) in [5, 5.41) is 8.66. The summed E-state index contributed by atoms with van der Waals surface area (Å²) >= 11 is 0. The number of ether oxygens (including phenoxy) is 2. The van der Waals surface area contributed by atoms with Crippen molar-refractivity contribution >= 4 is 11.9 Å². The molecule has 1 rings (SSSR count). The summed E-state index contributed by atoms with van der Waals surface area (Å²) in [4.78, 5) is 21.7. The molecule has 0 amide bonds. The highest BCUT2D eigenvalue weighted by atomic mass is 16.5. The first-order valence-electron chi connectivity index (χ1n) is 9.96. The molecular formula is C23H34O5. The number of esters is 1. The Morgan fingerprint density at radius 2 is 1.75 bits per heavy atom. The Kier molecular flexibility index (Phi) is 10.4. The maximum Gasteiger partial charge on any atom is 0.330 e. The van der Waals surface area contributed by atoms with Gasteiger partial charge >= 0.3 is 11.9 Å². The van der Waals surface area contributed by atoms with Crippen LogP contribution in [0.4, 0.5) is 0 Å². The van der Waals surface area contributed by atoms with Crippen LogP contribution in [0.2, 0.25) is 0 Å². The molecule has 0 unspecified atom stereocenters. The zero-order chi connectivity index (χ0) is 21.0. The lowest BCUT2D eigenvalue weighted by Gasteiger charge is -2.21. The van der Waals surface area contributed by atoms with Crippen LogP contribution in [-0.4, -0.2) is 30.8 Å². The van der Waals surface area contributed by atoms with E-state index in [-0.39, 0.29) is 11.8 Å². The zero-order valence-electron chi connectivity index (χ0n) is 17.6. The molecule has 0 aliphatic carbocycles. The van der Waals surface area contributed by atoms with Crippen LogP contribution in [-0.2, 0) is 26.2 Å². The number of hydrogen-bond acceptors (Lipinski definition) is 4. The zero-order valence-corrected chi connectivity index (χ0v) is 17.6. The Balaban J connectivity index is 2.63. The van der Waals surface area contributed by atoms with Crippen molar-refractivity contribution < 1.29 is 24.2 Å². The average molecular weight is 391 g/mol.